The Labute approximate surface area is 381 Å². The van der Waals surface area contributed by atoms with Gasteiger partial charge in [0, 0.05) is 68.1 Å². The van der Waals surface area contributed by atoms with Crippen LogP contribution in [0, 0.1) is 5.92 Å². The molecule has 4 aromatic carbocycles. The maximum atomic E-state index is 14.7. The zero-order valence-electron chi connectivity index (χ0n) is 35.9. The monoisotopic (exact) mass is 898 g/mol. The number of benzene rings is 4. The Morgan fingerprint density at radius 3 is 1.75 bits per heavy atom. The third kappa shape index (κ3) is 13.2. The van der Waals surface area contributed by atoms with Gasteiger partial charge in [-0.15, -0.1) is 11.3 Å². The second-order valence-electron chi connectivity index (χ2n) is 16.6. The van der Waals surface area contributed by atoms with Gasteiger partial charge in [-0.05, 0) is 64.2 Å². The smallest absolute Gasteiger partial charge is 0.245 e. The van der Waals surface area contributed by atoms with Crippen molar-refractivity contribution in [3.63, 3.8) is 0 Å². The van der Waals surface area contributed by atoms with Crippen molar-refractivity contribution in [2.45, 2.75) is 81.8 Å². The van der Waals surface area contributed by atoms with Gasteiger partial charge >= 0.3 is 0 Å². The minimum absolute atomic E-state index is 0.0293. The van der Waals surface area contributed by atoms with Crippen LogP contribution >= 0.6 is 11.3 Å². The predicted molar refractivity (Wildman–Crippen MR) is 247 cm³/mol. The molecule has 2 bridgehead atoms. The molecule has 1 saturated heterocycles. The average molecular weight is 899 g/mol. The molecule has 3 aliphatic rings. The number of hydrogen-bond acceptors (Lipinski definition) is 9. The van der Waals surface area contributed by atoms with Gasteiger partial charge in [0.1, 0.15) is 24.2 Å². The largest absolute Gasteiger partial charge is 0.368 e. The van der Waals surface area contributed by atoms with E-state index < -0.39 is 60.0 Å². The molecule has 4 unspecified atom stereocenters. The Balaban J connectivity index is 1.22. The zero-order valence-corrected chi connectivity index (χ0v) is 36.7. The highest BCUT2D eigenvalue weighted by Gasteiger charge is 2.35. The van der Waals surface area contributed by atoms with Crippen LogP contribution in [-0.4, -0.2) is 94.1 Å². The number of fused-ring (bicyclic) bond motifs is 18. The van der Waals surface area contributed by atoms with Crippen LogP contribution in [0.25, 0.3) is 11.1 Å². The van der Waals surface area contributed by atoms with E-state index >= 15 is 0 Å². The van der Waals surface area contributed by atoms with Gasteiger partial charge in [-0.1, -0.05) is 103 Å². The molecule has 0 saturated carbocycles. The van der Waals surface area contributed by atoms with Crippen molar-refractivity contribution in [1.29, 1.82) is 0 Å². The van der Waals surface area contributed by atoms with E-state index in [-0.39, 0.29) is 63.4 Å². The van der Waals surface area contributed by atoms with Crippen LogP contribution in [0.5, 0.6) is 0 Å². The lowest BCUT2D eigenvalue weighted by atomic mass is 9.95. The number of likely N-dealkylation sites (tertiary alicyclic amines) is 1. The first-order valence-corrected chi connectivity index (χ1v) is 22.8. The Morgan fingerprint density at radius 2 is 1.15 bits per heavy atom. The van der Waals surface area contributed by atoms with Crippen molar-refractivity contribution in [3.05, 3.63) is 148 Å². The number of anilines is 1. The van der Waals surface area contributed by atoms with Crippen LogP contribution in [0.4, 0.5) is 5.69 Å². The van der Waals surface area contributed by atoms with Crippen LogP contribution in [0.2, 0.25) is 0 Å². The molecule has 14 nitrogen and oxygen atoms in total. The van der Waals surface area contributed by atoms with Crippen LogP contribution < -0.4 is 26.6 Å². The molecule has 4 heterocycles. The second-order valence-corrected chi connectivity index (χ2v) is 17.6. The summed E-state index contributed by atoms with van der Waals surface area (Å²) in [4.78, 5) is 86.8. The standard InChI is InChI=1S/C50H54N6O8S/c57-44-21-22-45(58)52-42(31-39-12-7-27-65-39)48(61)54-41(29-33-13-17-36(18-14-33)35-10-5-2-6-11-35)46(59)53-40(28-32-8-3-1-4-9-32)47(60)55-43(30-34-15-19-38(51-44)20-16-34)49(62)56-25-23-37(24-26-56)50(63)64/h1-20,27,37,40-43,50,63-64H,21-26,28-31H2,(H,51,57)(H,52,58)(H,53,59)(H,54,61)(H,55,60). The fourth-order valence-electron chi connectivity index (χ4n) is 8.14. The van der Waals surface area contributed by atoms with Crippen molar-refractivity contribution in [1.82, 2.24) is 26.2 Å². The van der Waals surface area contributed by atoms with E-state index in [4.69, 9.17) is 0 Å². The highest BCUT2D eigenvalue weighted by molar-refractivity contribution is 7.09. The van der Waals surface area contributed by atoms with E-state index in [1.54, 1.807) is 29.2 Å². The summed E-state index contributed by atoms with van der Waals surface area (Å²) in [7, 11) is 0. The molecule has 5 aromatic rings. The number of carbonyl (C=O) groups excluding carboxylic acids is 6. The summed E-state index contributed by atoms with van der Waals surface area (Å²) in [6, 6.07) is 32.4. The first kappa shape index (κ1) is 46.3. The number of piperidine rings is 1. The Morgan fingerprint density at radius 1 is 0.600 bits per heavy atom. The summed E-state index contributed by atoms with van der Waals surface area (Å²) in [5.74, 6) is -3.63. The Hall–Kier alpha value is -6.68. The summed E-state index contributed by atoms with van der Waals surface area (Å²) in [6.45, 7) is 0.502. The van der Waals surface area contributed by atoms with Crippen molar-refractivity contribution in [3.8, 4) is 11.1 Å². The molecule has 1 aromatic heterocycles. The van der Waals surface area contributed by atoms with Gasteiger partial charge in [0.2, 0.25) is 35.4 Å². The molecule has 1 fully saturated rings. The van der Waals surface area contributed by atoms with E-state index in [9.17, 15) is 39.0 Å². The minimum atomic E-state index is -1.51. The van der Waals surface area contributed by atoms with Crippen molar-refractivity contribution in [2.24, 2.45) is 5.92 Å². The Bertz CT molecular complexity index is 2390. The van der Waals surface area contributed by atoms with Crippen molar-refractivity contribution < 1.29 is 39.0 Å². The van der Waals surface area contributed by atoms with Crippen LogP contribution in [0.3, 0.4) is 0 Å². The SMILES string of the molecule is O=C1CCC(=O)NC(Cc2cccs2)C(=O)NC(Cc2ccc(-c3ccccc3)cc2)C(=O)NC(Cc2ccccc2)C(=O)NC(C(=O)N2CCC(C(O)O)CC2)Cc2ccc(cc2)N1. The lowest BCUT2D eigenvalue weighted by molar-refractivity contribution is -0.141. The van der Waals surface area contributed by atoms with Gasteiger partial charge in [0.15, 0.2) is 6.29 Å². The van der Waals surface area contributed by atoms with Gasteiger partial charge in [-0.25, -0.2) is 0 Å². The molecule has 338 valence electrons. The second kappa shape index (κ2) is 22.3. The summed E-state index contributed by atoms with van der Waals surface area (Å²) in [6.07, 6.45) is -0.877. The molecule has 4 atom stereocenters. The lowest BCUT2D eigenvalue weighted by Crippen LogP contribution is -2.60. The number of rotatable bonds is 9. The summed E-state index contributed by atoms with van der Waals surface area (Å²) < 4.78 is 0. The minimum Gasteiger partial charge on any atom is -0.368 e. The zero-order chi connectivity index (χ0) is 45.7. The predicted octanol–water partition coefficient (Wildman–Crippen LogP) is 3.91. The number of hydrogen-bond donors (Lipinski definition) is 7. The van der Waals surface area contributed by atoms with E-state index in [2.05, 4.69) is 26.6 Å². The molecule has 8 rings (SSSR count). The quantitative estimate of drug-likeness (QED) is 0.0852. The van der Waals surface area contributed by atoms with E-state index in [1.807, 2.05) is 102 Å². The van der Waals surface area contributed by atoms with Gasteiger partial charge in [0.25, 0.3) is 0 Å². The summed E-state index contributed by atoms with van der Waals surface area (Å²) >= 11 is 1.41. The number of aliphatic hydroxyl groups is 2. The average Bonchev–Trinajstić information content (AvgIpc) is 3.84. The van der Waals surface area contributed by atoms with Crippen molar-refractivity contribution >= 4 is 52.5 Å². The van der Waals surface area contributed by atoms with Gasteiger partial charge in [-0.2, -0.15) is 0 Å². The van der Waals surface area contributed by atoms with E-state index in [1.165, 1.54) is 11.3 Å². The third-order valence-corrected chi connectivity index (χ3v) is 12.7. The maximum absolute atomic E-state index is 14.7. The Kier molecular flexibility index (Phi) is 15.9. The maximum Gasteiger partial charge on any atom is 0.245 e. The number of nitrogens with one attached hydrogen (secondary N) is 5. The fourth-order valence-corrected chi connectivity index (χ4v) is 8.89. The van der Waals surface area contributed by atoms with Gasteiger partial charge < -0.3 is 41.7 Å². The summed E-state index contributed by atoms with van der Waals surface area (Å²) in [5.41, 5.74) is 4.55. The van der Waals surface area contributed by atoms with Crippen LogP contribution in [0.15, 0.2) is 127 Å². The van der Waals surface area contributed by atoms with Crippen LogP contribution in [0.1, 0.15) is 47.3 Å². The van der Waals surface area contributed by atoms with Gasteiger partial charge in [-0.3, -0.25) is 28.8 Å². The van der Waals surface area contributed by atoms with E-state index in [0.29, 0.717) is 24.1 Å². The van der Waals surface area contributed by atoms with E-state index in [0.717, 1.165) is 27.1 Å². The normalized spacial score (nSPS) is 20.8. The summed E-state index contributed by atoms with van der Waals surface area (Å²) in [5, 5.41) is 35.8. The van der Waals surface area contributed by atoms with Crippen molar-refractivity contribution in [2.75, 3.05) is 18.4 Å². The molecule has 0 aliphatic carbocycles. The fraction of sp³-hybridized carbons (Fsp3) is 0.320. The third-order valence-electron chi connectivity index (χ3n) is 11.8. The molecule has 0 spiro atoms. The lowest BCUT2D eigenvalue weighted by Gasteiger charge is -2.35. The topological polar surface area (TPSA) is 206 Å². The molecule has 3 aliphatic heterocycles. The number of aliphatic hydroxyl groups excluding tert-OH is 1. The molecule has 7 N–H and O–H groups in total. The highest BCUT2D eigenvalue weighted by Crippen LogP contribution is 2.23. The number of amides is 6. The molecule has 15 heteroatoms. The van der Waals surface area contributed by atoms with Gasteiger partial charge in [0.05, 0.1) is 0 Å². The molecular formula is C50H54N6O8S. The molecule has 6 amide bonds. The van der Waals surface area contributed by atoms with Crippen LogP contribution in [-0.2, 0) is 54.5 Å². The first-order valence-electron chi connectivity index (χ1n) is 21.9. The highest BCUT2D eigenvalue weighted by atomic mass is 32.1. The molecule has 65 heavy (non-hydrogen) atoms. The molecule has 0 radical (unpaired) electrons. The first-order chi connectivity index (χ1) is 31.5. The molecular weight excluding hydrogens is 845 g/mol. The number of nitrogens with zero attached hydrogens (tertiary/aromatic N) is 1. The number of thiophene rings is 1. The number of carbonyl (C=O) groups is 6.